The summed E-state index contributed by atoms with van der Waals surface area (Å²) in [4.78, 5) is 0. The van der Waals surface area contributed by atoms with Gasteiger partial charge in [-0.3, -0.25) is 0 Å². The molecule has 0 amide bonds. The molecule has 2 rings (SSSR count). The van der Waals surface area contributed by atoms with E-state index in [1.807, 2.05) is 0 Å². The summed E-state index contributed by atoms with van der Waals surface area (Å²) < 4.78 is 31.5. The summed E-state index contributed by atoms with van der Waals surface area (Å²) in [5.41, 5.74) is 5.36. The van der Waals surface area contributed by atoms with Crippen molar-refractivity contribution in [2.45, 2.75) is 42.5 Å². The number of nitrogens with two attached hydrogens (primary N) is 1. The zero-order valence-electron chi connectivity index (χ0n) is 10.5. The van der Waals surface area contributed by atoms with Gasteiger partial charge in [0.05, 0.1) is 12.7 Å². The lowest BCUT2D eigenvalue weighted by Gasteiger charge is -2.21. The molecule has 1 heterocycles. The highest BCUT2D eigenvalue weighted by atomic mass is 32.2. The van der Waals surface area contributed by atoms with Crippen LogP contribution in [0.2, 0.25) is 0 Å². The van der Waals surface area contributed by atoms with E-state index >= 15 is 0 Å². The second-order valence-electron chi connectivity index (χ2n) is 4.43. The molecule has 0 unspecified atom stereocenters. The largest absolute Gasteiger partial charge is 0.377 e. The quantitative estimate of drug-likeness (QED) is 0.751. The van der Waals surface area contributed by atoms with Crippen molar-refractivity contribution in [1.29, 1.82) is 0 Å². The number of rotatable bonds is 6. The first kappa shape index (κ1) is 14.6. The molecule has 0 aromatic carbocycles. The number of hydrogen-bond acceptors (Lipinski definition) is 7. The van der Waals surface area contributed by atoms with Crippen molar-refractivity contribution >= 4 is 26.5 Å². The van der Waals surface area contributed by atoms with Crippen molar-refractivity contribution in [2.24, 2.45) is 0 Å². The number of nitrogens with one attached hydrogen (secondary N) is 1. The van der Waals surface area contributed by atoms with E-state index < -0.39 is 10.0 Å². The van der Waals surface area contributed by atoms with Gasteiger partial charge in [-0.05, 0) is 12.8 Å². The van der Waals surface area contributed by atoms with Crippen molar-refractivity contribution in [3.05, 3.63) is 0 Å². The van der Waals surface area contributed by atoms with E-state index in [1.54, 1.807) is 0 Å². The minimum atomic E-state index is -3.61. The Morgan fingerprint density at radius 3 is 2.68 bits per heavy atom. The van der Waals surface area contributed by atoms with E-state index in [1.165, 1.54) is 19.3 Å². The Morgan fingerprint density at radius 2 is 2.05 bits per heavy atom. The molecule has 1 aliphatic rings. The van der Waals surface area contributed by atoms with Gasteiger partial charge in [0, 0.05) is 6.54 Å². The molecule has 0 saturated heterocycles. The molecule has 0 radical (unpaired) electrons. The molecule has 3 N–H and O–H groups in total. The molecule has 1 saturated carbocycles. The predicted octanol–water partition coefficient (Wildman–Crippen LogP) is 0.748. The van der Waals surface area contributed by atoms with E-state index in [0.717, 1.165) is 24.2 Å². The molecular formula is C10H18N4O3S2. The third kappa shape index (κ3) is 4.37. The Morgan fingerprint density at radius 1 is 1.32 bits per heavy atom. The maximum atomic E-state index is 11.8. The van der Waals surface area contributed by atoms with E-state index in [4.69, 9.17) is 10.5 Å². The van der Waals surface area contributed by atoms with Gasteiger partial charge in [0.2, 0.25) is 9.47 Å². The predicted molar refractivity (Wildman–Crippen MR) is 72.3 cm³/mol. The van der Waals surface area contributed by atoms with Gasteiger partial charge < -0.3 is 10.5 Å². The van der Waals surface area contributed by atoms with Crippen LogP contribution in [-0.4, -0.2) is 37.9 Å². The fourth-order valence-electron chi connectivity index (χ4n) is 2.02. The molecule has 1 aromatic rings. The second-order valence-corrected chi connectivity index (χ2v) is 7.38. The lowest BCUT2D eigenvalue weighted by molar-refractivity contribution is 0.0321. The number of sulfonamides is 1. The molecule has 108 valence electrons. The summed E-state index contributed by atoms with van der Waals surface area (Å²) >= 11 is 0.845. The molecule has 1 fully saturated rings. The topological polar surface area (TPSA) is 107 Å². The number of nitrogens with zero attached hydrogens (tertiary/aromatic N) is 2. The molecule has 7 nitrogen and oxygen atoms in total. The molecule has 0 atom stereocenters. The SMILES string of the molecule is Nc1nnc(S(=O)(=O)NCCOC2CCCCC2)s1. The zero-order chi connectivity index (χ0) is 13.7. The highest BCUT2D eigenvalue weighted by Crippen LogP contribution is 2.20. The standard InChI is InChI=1S/C10H18N4O3S2/c11-9-13-14-10(18-9)19(15,16)12-6-7-17-8-4-2-1-3-5-8/h8,12H,1-7H2,(H2,11,13). The fourth-order valence-corrected chi connectivity index (χ4v) is 3.86. The number of nitrogen functional groups attached to an aromatic ring is 1. The number of ether oxygens (including phenoxy) is 1. The zero-order valence-corrected chi connectivity index (χ0v) is 12.2. The first-order valence-corrected chi connectivity index (χ1v) is 8.58. The van der Waals surface area contributed by atoms with Gasteiger partial charge >= 0.3 is 0 Å². The summed E-state index contributed by atoms with van der Waals surface area (Å²) in [6, 6.07) is 0. The molecule has 1 aromatic heterocycles. The van der Waals surface area contributed by atoms with Crippen LogP contribution in [0.1, 0.15) is 32.1 Å². The fraction of sp³-hybridized carbons (Fsp3) is 0.800. The number of aromatic nitrogens is 2. The van der Waals surface area contributed by atoms with Crippen LogP contribution in [0, 0.1) is 0 Å². The monoisotopic (exact) mass is 306 g/mol. The Labute approximate surface area is 116 Å². The van der Waals surface area contributed by atoms with Gasteiger partial charge in [-0.25, -0.2) is 13.1 Å². The van der Waals surface area contributed by atoms with Gasteiger partial charge in [0.1, 0.15) is 0 Å². The first-order valence-electron chi connectivity index (χ1n) is 6.28. The molecule has 0 bridgehead atoms. The van der Waals surface area contributed by atoms with Gasteiger partial charge in [-0.2, -0.15) is 0 Å². The Hall–Kier alpha value is -0.770. The summed E-state index contributed by atoms with van der Waals surface area (Å²) in [6.07, 6.45) is 6.07. The Balaban J connectivity index is 1.72. The van der Waals surface area contributed by atoms with Crippen LogP contribution in [0.25, 0.3) is 0 Å². The molecular weight excluding hydrogens is 288 g/mol. The highest BCUT2D eigenvalue weighted by molar-refractivity contribution is 7.91. The van der Waals surface area contributed by atoms with Crippen LogP contribution in [0.5, 0.6) is 0 Å². The average Bonchev–Trinajstić information content (AvgIpc) is 2.84. The normalized spacial score (nSPS) is 17.7. The third-order valence-electron chi connectivity index (χ3n) is 2.95. The summed E-state index contributed by atoms with van der Waals surface area (Å²) in [7, 11) is -3.61. The smallest absolute Gasteiger partial charge is 0.269 e. The molecule has 1 aliphatic carbocycles. The lowest BCUT2D eigenvalue weighted by Crippen LogP contribution is -2.29. The molecule has 9 heteroatoms. The first-order chi connectivity index (χ1) is 9.08. The van der Waals surface area contributed by atoms with E-state index in [2.05, 4.69) is 14.9 Å². The summed E-state index contributed by atoms with van der Waals surface area (Å²) in [6.45, 7) is 0.608. The van der Waals surface area contributed by atoms with Crippen molar-refractivity contribution < 1.29 is 13.2 Å². The molecule has 0 spiro atoms. The minimum Gasteiger partial charge on any atom is -0.377 e. The van der Waals surface area contributed by atoms with Crippen molar-refractivity contribution in [3.8, 4) is 0 Å². The van der Waals surface area contributed by atoms with Gasteiger partial charge in [-0.15, -0.1) is 10.2 Å². The second kappa shape index (κ2) is 6.60. The molecule has 19 heavy (non-hydrogen) atoms. The molecule has 0 aliphatic heterocycles. The third-order valence-corrected chi connectivity index (χ3v) is 5.53. The van der Waals surface area contributed by atoms with Crippen molar-refractivity contribution in [2.75, 3.05) is 18.9 Å². The van der Waals surface area contributed by atoms with Gasteiger partial charge in [-0.1, -0.05) is 30.6 Å². The van der Waals surface area contributed by atoms with E-state index in [-0.39, 0.29) is 22.1 Å². The van der Waals surface area contributed by atoms with Crippen LogP contribution >= 0.6 is 11.3 Å². The van der Waals surface area contributed by atoms with Gasteiger partial charge in [0.25, 0.3) is 10.0 Å². The van der Waals surface area contributed by atoms with E-state index in [0.29, 0.717) is 6.61 Å². The number of hydrogen-bond donors (Lipinski definition) is 2. The van der Waals surface area contributed by atoms with E-state index in [9.17, 15) is 8.42 Å². The van der Waals surface area contributed by atoms with Crippen molar-refractivity contribution in [3.63, 3.8) is 0 Å². The highest BCUT2D eigenvalue weighted by Gasteiger charge is 2.19. The lowest BCUT2D eigenvalue weighted by atomic mass is 9.98. The Kier molecular flexibility index (Phi) is 5.08. The van der Waals surface area contributed by atoms with Gasteiger partial charge in [0.15, 0.2) is 0 Å². The Bertz CT molecular complexity index is 497. The average molecular weight is 306 g/mol. The van der Waals surface area contributed by atoms with Crippen molar-refractivity contribution in [1.82, 2.24) is 14.9 Å². The van der Waals surface area contributed by atoms with Crippen LogP contribution in [0.15, 0.2) is 4.34 Å². The minimum absolute atomic E-state index is 0.109. The van der Waals surface area contributed by atoms with Crippen LogP contribution in [-0.2, 0) is 14.8 Å². The number of anilines is 1. The summed E-state index contributed by atoms with van der Waals surface area (Å²) in [5, 5.41) is 7.13. The van der Waals surface area contributed by atoms with Crippen LogP contribution in [0.4, 0.5) is 5.13 Å². The van der Waals surface area contributed by atoms with Crippen LogP contribution < -0.4 is 10.5 Å². The maximum Gasteiger partial charge on any atom is 0.269 e. The summed E-state index contributed by atoms with van der Waals surface area (Å²) in [5.74, 6) is 0. The maximum absolute atomic E-state index is 11.8. The van der Waals surface area contributed by atoms with Crippen LogP contribution in [0.3, 0.4) is 0 Å².